The van der Waals surface area contributed by atoms with Crippen LogP contribution in [0.4, 0.5) is 0 Å². The Bertz CT molecular complexity index is 455. The lowest BCUT2D eigenvalue weighted by atomic mass is 10.3. The molecule has 1 fully saturated rings. The second-order valence-corrected chi connectivity index (χ2v) is 5.27. The van der Waals surface area contributed by atoms with Crippen LogP contribution in [0.15, 0.2) is 28.7 Å². The van der Waals surface area contributed by atoms with Gasteiger partial charge >= 0.3 is 0 Å². The second kappa shape index (κ2) is 5.40. The Hall–Kier alpha value is -1.55. The summed E-state index contributed by atoms with van der Waals surface area (Å²) >= 11 is 1.67. The molecule has 5 nitrogen and oxygen atoms in total. The molecule has 0 radical (unpaired) electrons. The lowest BCUT2D eigenvalue weighted by Crippen LogP contribution is -2.39. The first-order valence-electron chi connectivity index (χ1n) is 5.79. The van der Waals surface area contributed by atoms with Crippen molar-refractivity contribution in [2.45, 2.75) is 24.9 Å². The van der Waals surface area contributed by atoms with Crippen molar-refractivity contribution in [3.63, 3.8) is 0 Å². The molecule has 0 unspecified atom stereocenters. The highest BCUT2D eigenvalue weighted by Crippen LogP contribution is 2.39. The molecule has 1 saturated carbocycles. The molecule has 96 valence electrons. The SMILES string of the molecule is N#CC1(N(N)/C=C(\N)CNCc2ccsc2)CC1. The molecule has 0 aromatic carbocycles. The van der Waals surface area contributed by atoms with Gasteiger partial charge < -0.3 is 11.1 Å². The van der Waals surface area contributed by atoms with Gasteiger partial charge in [-0.15, -0.1) is 0 Å². The average Bonchev–Trinajstić information content (AvgIpc) is 3.00. The highest BCUT2D eigenvalue weighted by Gasteiger charge is 2.47. The van der Waals surface area contributed by atoms with Crippen molar-refractivity contribution in [3.05, 3.63) is 34.3 Å². The number of nitrogens with one attached hydrogen (secondary N) is 1. The quantitative estimate of drug-likeness (QED) is 0.523. The molecule has 1 aromatic rings. The van der Waals surface area contributed by atoms with Gasteiger partial charge in [0.15, 0.2) is 0 Å². The molecule has 1 aromatic heterocycles. The first-order valence-corrected chi connectivity index (χ1v) is 6.74. The van der Waals surface area contributed by atoms with Gasteiger partial charge in [-0.05, 0) is 35.2 Å². The van der Waals surface area contributed by atoms with Crippen LogP contribution >= 0.6 is 11.3 Å². The Morgan fingerprint density at radius 3 is 3.00 bits per heavy atom. The third kappa shape index (κ3) is 3.01. The van der Waals surface area contributed by atoms with Gasteiger partial charge in [0.1, 0.15) is 5.54 Å². The summed E-state index contributed by atoms with van der Waals surface area (Å²) in [6, 6.07) is 4.29. The largest absolute Gasteiger partial charge is 0.400 e. The molecule has 1 heterocycles. The fourth-order valence-corrected chi connectivity index (χ4v) is 2.31. The van der Waals surface area contributed by atoms with Crippen molar-refractivity contribution in [2.24, 2.45) is 11.6 Å². The number of hydrogen-bond donors (Lipinski definition) is 3. The highest BCUT2D eigenvalue weighted by atomic mass is 32.1. The lowest BCUT2D eigenvalue weighted by Gasteiger charge is -2.20. The molecule has 1 aliphatic rings. The molecule has 1 aliphatic carbocycles. The maximum Gasteiger partial charge on any atom is 0.141 e. The summed E-state index contributed by atoms with van der Waals surface area (Å²) in [6.45, 7) is 1.34. The first kappa shape index (κ1) is 12.9. The van der Waals surface area contributed by atoms with E-state index in [1.54, 1.807) is 17.5 Å². The van der Waals surface area contributed by atoms with Crippen LogP contribution < -0.4 is 16.9 Å². The number of thiophene rings is 1. The van der Waals surface area contributed by atoms with Crippen LogP contribution in [0.3, 0.4) is 0 Å². The van der Waals surface area contributed by atoms with Gasteiger partial charge in [-0.1, -0.05) is 0 Å². The topological polar surface area (TPSA) is 91.1 Å². The maximum atomic E-state index is 8.98. The number of nitriles is 1. The van der Waals surface area contributed by atoms with Gasteiger partial charge in [0, 0.05) is 25.0 Å². The molecule has 18 heavy (non-hydrogen) atoms. The fourth-order valence-electron chi connectivity index (χ4n) is 1.64. The van der Waals surface area contributed by atoms with Crippen LogP contribution in [0, 0.1) is 11.3 Å². The van der Waals surface area contributed by atoms with Gasteiger partial charge in [-0.3, -0.25) is 5.01 Å². The normalized spacial score (nSPS) is 17.2. The lowest BCUT2D eigenvalue weighted by molar-refractivity contribution is 0.316. The summed E-state index contributed by atoms with van der Waals surface area (Å²) in [5.41, 5.74) is 7.22. The average molecular weight is 263 g/mol. The van der Waals surface area contributed by atoms with Crippen LogP contribution in [0.25, 0.3) is 0 Å². The van der Waals surface area contributed by atoms with Crippen molar-refractivity contribution in [1.29, 1.82) is 5.26 Å². The van der Waals surface area contributed by atoms with Crippen LogP contribution in [0.1, 0.15) is 18.4 Å². The fraction of sp³-hybridized carbons (Fsp3) is 0.417. The predicted molar refractivity (Wildman–Crippen MR) is 71.9 cm³/mol. The monoisotopic (exact) mass is 263 g/mol. The standard InChI is InChI=1S/C12H17N5S/c13-9-12(2-3-12)17(15)7-11(14)6-16-5-10-1-4-18-8-10/h1,4,7-8,16H,2-3,5-6,14-15H2/b11-7-. The molecular weight excluding hydrogens is 246 g/mol. The zero-order valence-corrected chi connectivity index (χ0v) is 10.9. The van der Waals surface area contributed by atoms with Gasteiger partial charge in [0.05, 0.1) is 6.07 Å². The molecule has 6 heteroatoms. The van der Waals surface area contributed by atoms with Gasteiger partial charge in [-0.2, -0.15) is 16.6 Å². The van der Waals surface area contributed by atoms with E-state index in [1.165, 1.54) is 10.6 Å². The Balaban J connectivity index is 1.77. The minimum absolute atomic E-state index is 0.516. The van der Waals surface area contributed by atoms with E-state index in [0.29, 0.717) is 12.2 Å². The van der Waals surface area contributed by atoms with Crippen molar-refractivity contribution < 1.29 is 0 Å². The van der Waals surface area contributed by atoms with E-state index in [9.17, 15) is 0 Å². The Kier molecular flexibility index (Phi) is 3.87. The van der Waals surface area contributed by atoms with E-state index < -0.39 is 5.54 Å². The van der Waals surface area contributed by atoms with Crippen LogP contribution in [-0.4, -0.2) is 17.1 Å². The van der Waals surface area contributed by atoms with Crippen molar-refractivity contribution in [3.8, 4) is 6.07 Å². The van der Waals surface area contributed by atoms with Crippen LogP contribution in [0.2, 0.25) is 0 Å². The van der Waals surface area contributed by atoms with Gasteiger partial charge in [-0.25, -0.2) is 5.84 Å². The molecule has 5 N–H and O–H groups in total. The minimum atomic E-state index is -0.516. The van der Waals surface area contributed by atoms with E-state index in [4.69, 9.17) is 16.8 Å². The zero-order valence-electron chi connectivity index (χ0n) is 10.1. The molecule has 0 aliphatic heterocycles. The molecule has 0 spiro atoms. The van der Waals surface area contributed by atoms with Crippen LogP contribution in [-0.2, 0) is 6.54 Å². The molecule has 2 rings (SSSR count). The summed E-state index contributed by atoms with van der Waals surface area (Å²) in [6.07, 6.45) is 3.27. The van der Waals surface area contributed by atoms with Gasteiger partial charge in [0.2, 0.25) is 0 Å². The van der Waals surface area contributed by atoms with Gasteiger partial charge in [0.25, 0.3) is 0 Å². The summed E-state index contributed by atoms with van der Waals surface area (Å²) in [4.78, 5) is 0. The Labute approximate surface area is 111 Å². The van der Waals surface area contributed by atoms with E-state index in [0.717, 1.165) is 19.4 Å². The molecular formula is C12H17N5S. The maximum absolute atomic E-state index is 8.98. The van der Waals surface area contributed by atoms with Crippen molar-refractivity contribution in [1.82, 2.24) is 10.3 Å². The number of hydrogen-bond acceptors (Lipinski definition) is 6. The Morgan fingerprint density at radius 2 is 2.44 bits per heavy atom. The number of nitrogens with two attached hydrogens (primary N) is 2. The Morgan fingerprint density at radius 1 is 1.67 bits per heavy atom. The summed E-state index contributed by atoms with van der Waals surface area (Å²) < 4.78 is 0. The number of nitrogens with zero attached hydrogens (tertiary/aromatic N) is 2. The minimum Gasteiger partial charge on any atom is -0.400 e. The molecule has 0 atom stereocenters. The smallest absolute Gasteiger partial charge is 0.141 e. The van der Waals surface area contributed by atoms with E-state index in [2.05, 4.69) is 22.8 Å². The van der Waals surface area contributed by atoms with E-state index >= 15 is 0 Å². The number of rotatable bonds is 6. The van der Waals surface area contributed by atoms with Crippen LogP contribution in [0.5, 0.6) is 0 Å². The number of hydrazine groups is 1. The molecule has 0 saturated heterocycles. The third-order valence-electron chi connectivity index (χ3n) is 2.97. The highest BCUT2D eigenvalue weighted by molar-refractivity contribution is 7.07. The van der Waals surface area contributed by atoms with Crippen molar-refractivity contribution in [2.75, 3.05) is 6.54 Å². The third-order valence-corrected chi connectivity index (χ3v) is 3.70. The van der Waals surface area contributed by atoms with E-state index in [-0.39, 0.29) is 0 Å². The summed E-state index contributed by atoms with van der Waals surface area (Å²) in [5.74, 6) is 5.82. The van der Waals surface area contributed by atoms with E-state index in [1.807, 2.05) is 5.38 Å². The molecule has 0 bridgehead atoms. The summed E-state index contributed by atoms with van der Waals surface area (Å²) in [7, 11) is 0. The van der Waals surface area contributed by atoms with Crippen molar-refractivity contribution >= 4 is 11.3 Å². The second-order valence-electron chi connectivity index (χ2n) is 4.49. The summed E-state index contributed by atoms with van der Waals surface area (Å²) in [5, 5.41) is 17.8. The zero-order chi connectivity index (χ0) is 13.0. The predicted octanol–water partition coefficient (Wildman–Crippen LogP) is 0.870. The first-order chi connectivity index (χ1) is 8.66. The molecule has 0 amide bonds.